The summed E-state index contributed by atoms with van der Waals surface area (Å²) >= 11 is 3.55. The van der Waals surface area contributed by atoms with Gasteiger partial charge in [0.05, 0.1) is 30.3 Å². The first-order chi connectivity index (χ1) is 15.3. The van der Waals surface area contributed by atoms with Gasteiger partial charge in [-0.25, -0.2) is 8.42 Å². The van der Waals surface area contributed by atoms with Crippen molar-refractivity contribution in [2.75, 3.05) is 25.6 Å². The molecule has 166 valence electrons. The van der Waals surface area contributed by atoms with E-state index >= 15 is 0 Å². The van der Waals surface area contributed by atoms with Gasteiger partial charge in [-0.3, -0.25) is 8.99 Å². The second kappa shape index (κ2) is 8.48. The number of fused-ring (bicyclic) bond motifs is 1. The maximum atomic E-state index is 13.3. The Bertz CT molecular complexity index is 1380. The lowest BCUT2D eigenvalue weighted by Crippen LogP contribution is -2.27. The lowest BCUT2D eigenvalue weighted by Gasteiger charge is -2.21. The first kappa shape index (κ1) is 22.2. The molecule has 1 aromatic heterocycles. The summed E-state index contributed by atoms with van der Waals surface area (Å²) in [6.07, 6.45) is 0. The molecule has 4 rings (SSSR count). The molecule has 3 aromatic carbocycles. The fourth-order valence-corrected chi connectivity index (χ4v) is 5.49. The zero-order valence-corrected chi connectivity index (χ0v) is 20.4. The van der Waals surface area contributed by atoms with Crippen molar-refractivity contribution in [2.45, 2.75) is 4.90 Å². The van der Waals surface area contributed by atoms with Crippen molar-refractivity contribution in [3.63, 3.8) is 0 Å². The minimum Gasteiger partial charge on any atom is -0.497 e. The molecule has 0 aliphatic carbocycles. The molecule has 0 radical (unpaired) electrons. The van der Waals surface area contributed by atoms with Gasteiger partial charge in [0.25, 0.3) is 10.0 Å². The van der Waals surface area contributed by atoms with Crippen LogP contribution in [0.4, 0.5) is 5.69 Å². The Hall–Kier alpha value is -3.04. The van der Waals surface area contributed by atoms with Crippen LogP contribution in [0.15, 0.2) is 70.2 Å². The van der Waals surface area contributed by atoms with Crippen LogP contribution in [-0.4, -0.2) is 39.5 Å². The predicted molar refractivity (Wildman–Crippen MR) is 129 cm³/mol. The van der Waals surface area contributed by atoms with E-state index in [1.165, 1.54) is 23.5 Å². The molecule has 0 amide bonds. The van der Waals surface area contributed by atoms with E-state index in [1.54, 1.807) is 44.1 Å². The number of rotatable bonds is 6. The minimum absolute atomic E-state index is 0.175. The van der Waals surface area contributed by atoms with Crippen LogP contribution in [0, 0.1) is 0 Å². The average molecular weight is 516 g/mol. The molecule has 9 heteroatoms. The van der Waals surface area contributed by atoms with Crippen LogP contribution in [0.5, 0.6) is 11.5 Å². The summed E-state index contributed by atoms with van der Waals surface area (Å²) in [5.41, 5.74) is 3.12. The number of aromatic nitrogens is 2. The van der Waals surface area contributed by atoms with Crippen molar-refractivity contribution < 1.29 is 17.9 Å². The van der Waals surface area contributed by atoms with E-state index in [0.717, 1.165) is 22.3 Å². The van der Waals surface area contributed by atoms with Gasteiger partial charge < -0.3 is 9.47 Å². The first-order valence-electron chi connectivity index (χ1n) is 9.70. The van der Waals surface area contributed by atoms with Gasteiger partial charge in [-0.1, -0.05) is 18.2 Å². The lowest BCUT2D eigenvalue weighted by atomic mass is 10.0. The quantitative estimate of drug-likeness (QED) is 0.367. The zero-order valence-electron chi connectivity index (χ0n) is 18.0. The third-order valence-electron chi connectivity index (χ3n) is 5.38. The van der Waals surface area contributed by atoms with E-state index in [-0.39, 0.29) is 4.90 Å². The molecule has 0 fully saturated rings. The molecule has 0 spiro atoms. The van der Waals surface area contributed by atoms with E-state index in [1.807, 2.05) is 30.3 Å². The van der Waals surface area contributed by atoms with Crippen LogP contribution in [-0.2, 0) is 17.1 Å². The van der Waals surface area contributed by atoms with Crippen LogP contribution in [0.1, 0.15) is 0 Å². The summed E-state index contributed by atoms with van der Waals surface area (Å²) in [5.74, 6) is 1.35. The van der Waals surface area contributed by atoms with Gasteiger partial charge in [0.1, 0.15) is 16.1 Å². The van der Waals surface area contributed by atoms with Gasteiger partial charge in [0.15, 0.2) is 0 Å². The van der Waals surface area contributed by atoms with Gasteiger partial charge in [0, 0.05) is 19.5 Å². The molecule has 0 aliphatic heterocycles. The molecule has 0 unspecified atom stereocenters. The predicted octanol–water partition coefficient (Wildman–Crippen LogP) is 4.85. The molecule has 0 N–H and O–H groups in total. The van der Waals surface area contributed by atoms with Crippen LogP contribution in [0.25, 0.3) is 22.0 Å². The normalized spacial score (nSPS) is 11.5. The van der Waals surface area contributed by atoms with Crippen LogP contribution in [0.3, 0.4) is 0 Å². The Kier molecular flexibility index (Phi) is 5.87. The summed E-state index contributed by atoms with van der Waals surface area (Å²) in [5, 5.41) is 5.33. The Labute approximate surface area is 195 Å². The smallest absolute Gasteiger partial charge is 0.264 e. The number of halogens is 1. The topological polar surface area (TPSA) is 73.7 Å². The monoisotopic (exact) mass is 515 g/mol. The highest BCUT2D eigenvalue weighted by Crippen LogP contribution is 2.40. The highest BCUT2D eigenvalue weighted by molar-refractivity contribution is 9.10. The van der Waals surface area contributed by atoms with Gasteiger partial charge in [-0.2, -0.15) is 5.10 Å². The largest absolute Gasteiger partial charge is 0.497 e. The second-order valence-corrected chi connectivity index (χ2v) is 9.87. The van der Waals surface area contributed by atoms with Crippen molar-refractivity contribution in [1.82, 2.24) is 9.78 Å². The maximum absolute atomic E-state index is 13.3. The van der Waals surface area contributed by atoms with E-state index in [4.69, 9.17) is 9.47 Å². The third-order valence-corrected chi connectivity index (χ3v) is 7.72. The Morgan fingerprint density at radius 3 is 2.03 bits per heavy atom. The molecule has 0 aliphatic rings. The molecule has 0 atom stereocenters. The maximum Gasteiger partial charge on any atom is 0.264 e. The number of nitrogens with zero attached hydrogens (tertiary/aromatic N) is 3. The van der Waals surface area contributed by atoms with Crippen LogP contribution < -0.4 is 13.8 Å². The SMILES string of the molecule is COc1ccc(-c2ccc(N(C)S(=O)(=O)c3ccc(OC)cc3)c3c2c(Br)nn3C)cc1. The molecule has 4 aromatic rings. The number of hydrogen-bond donors (Lipinski definition) is 0. The Morgan fingerprint density at radius 1 is 0.906 bits per heavy atom. The summed E-state index contributed by atoms with van der Waals surface area (Å²) in [7, 11) is 2.70. The van der Waals surface area contributed by atoms with Crippen LogP contribution >= 0.6 is 15.9 Å². The molecule has 7 nitrogen and oxygen atoms in total. The third kappa shape index (κ3) is 3.71. The highest BCUT2D eigenvalue weighted by atomic mass is 79.9. The molecular weight excluding hydrogens is 494 g/mol. The Morgan fingerprint density at radius 2 is 1.47 bits per heavy atom. The first-order valence-corrected chi connectivity index (χ1v) is 11.9. The standard InChI is InChI=1S/C23H22BrN3O4S/c1-26-22-20(27(2)32(28,29)18-11-9-17(31-4)10-12-18)14-13-19(21(22)23(24)25-26)15-5-7-16(30-3)8-6-15/h5-14H,1-4H3. The fourth-order valence-electron chi connectivity index (χ4n) is 3.65. The van der Waals surface area contributed by atoms with Crippen molar-refractivity contribution >= 4 is 42.5 Å². The fraction of sp³-hybridized carbons (Fsp3) is 0.174. The number of anilines is 1. The summed E-state index contributed by atoms with van der Waals surface area (Å²) in [6.45, 7) is 0. The molecular formula is C23H22BrN3O4S. The number of methoxy groups -OCH3 is 2. The second-order valence-electron chi connectivity index (χ2n) is 7.15. The number of ether oxygens (including phenoxy) is 2. The summed E-state index contributed by atoms with van der Waals surface area (Å²) < 4.78 is 40.7. The van der Waals surface area contributed by atoms with Crippen molar-refractivity contribution in [1.29, 1.82) is 0 Å². The van der Waals surface area contributed by atoms with E-state index in [9.17, 15) is 8.42 Å². The number of benzene rings is 3. The molecule has 0 saturated carbocycles. The van der Waals surface area contributed by atoms with E-state index in [0.29, 0.717) is 21.6 Å². The molecule has 1 heterocycles. The van der Waals surface area contributed by atoms with Gasteiger partial charge in [-0.15, -0.1) is 0 Å². The highest BCUT2D eigenvalue weighted by Gasteiger charge is 2.26. The summed E-state index contributed by atoms with van der Waals surface area (Å²) in [6, 6.07) is 17.7. The van der Waals surface area contributed by atoms with Crippen molar-refractivity contribution in [2.24, 2.45) is 7.05 Å². The van der Waals surface area contributed by atoms with E-state index in [2.05, 4.69) is 21.0 Å². The molecule has 32 heavy (non-hydrogen) atoms. The van der Waals surface area contributed by atoms with Gasteiger partial charge in [0.2, 0.25) is 0 Å². The number of sulfonamides is 1. The van der Waals surface area contributed by atoms with Gasteiger partial charge >= 0.3 is 0 Å². The molecule has 0 bridgehead atoms. The number of aryl methyl sites for hydroxylation is 1. The number of hydrogen-bond acceptors (Lipinski definition) is 5. The van der Waals surface area contributed by atoms with Gasteiger partial charge in [-0.05, 0) is 69.5 Å². The molecule has 0 saturated heterocycles. The van der Waals surface area contributed by atoms with Crippen LogP contribution in [0.2, 0.25) is 0 Å². The Balaban J connectivity index is 1.86. The zero-order chi connectivity index (χ0) is 23.0. The minimum atomic E-state index is -3.80. The van der Waals surface area contributed by atoms with E-state index < -0.39 is 10.0 Å². The lowest BCUT2D eigenvalue weighted by molar-refractivity contribution is 0.414. The average Bonchev–Trinajstić information content (AvgIpc) is 3.12. The summed E-state index contributed by atoms with van der Waals surface area (Å²) in [4.78, 5) is 0.175. The van der Waals surface area contributed by atoms with Crippen molar-refractivity contribution in [3.8, 4) is 22.6 Å². The van der Waals surface area contributed by atoms with Crippen molar-refractivity contribution in [3.05, 3.63) is 65.3 Å².